The van der Waals surface area contributed by atoms with Crippen LogP contribution in [0.1, 0.15) is 49.1 Å². The first-order valence-corrected chi connectivity index (χ1v) is 8.04. The monoisotopic (exact) mass is 348 g/mol. The fourth-order valence-electron chi connectivity index (χ4n) is 2.80. The molecule has 6 nitrogen and oxygen atoms in total. The Morgan fingerprint density at radius 1 is 1.08 bits per heavy atom. The van der Waals surface area contributed by atoms with Crippen LogP contribution >= 0.6 is 0 Å². The molecule has 2 aromatic rings. The second kappa shape index (κ2) is 6.45. The lowest BCUT2D eigenvalue weighted by Gasteiger charge is -2.17. The average Bonchev–Trinajstić information content (AvgIpc) is 2.87. The molecular formula is C20H16N2O4. The lowest BCUT2D eigenvalue weighted by molar-refractivity contribution is 0.0435. The summed E-state index contributed by atoms with van der Waals surface area (Å²) in [4.78, 5) is 38.7. The molecular weight excluding hydrogens is 332 g/mol. The smallest absolute Gasteiger partial charge is 0.339 e. The number of ether oxygens (including phenoxy) is 1. The third kappa shape index (κ3) is 2.84. The van der Waals surface area contributed by atoms with E-state index in [-0.39, 0.29) is 16.7 Å². The van der Waals surface area contributed by atoms with E-state index < -0.39 is 23.9 Å². The Morgan fingerprint density at radius 2 is 1.77 bits per heavy atom. The van der Waals surface area contributed by atoms with Crippen LogP contribution in [0.2, 0.25) is 0 Å². The van der Waals surface area contributed by atoms with Crippen molar-refractivity contribution in [1.29, 1.82) is 5.26 Å². The standard InChI is InChI=1S/C20H16N2O4/c1-11-4-5-12(2)17(8-11)22-18(23)15-7-6-14(9-16(15)19(22)24)20(25)26-13(3)10-21/h4-9,13H,1-3H3/t13-/m0/s1. The summed E-state index contributed by atoms with van der Waals surface area (Å²) in [5.41, 5.74) is 2.76. The first-order chi connectivity index (χ1) is 12.3. The van der Waals surface area contributed by atoms with E-state index in [1.54, 1.807) is 12.1 Å². The third-order valence-electron chi connectivity index (χ3n) is 4.19. The van der Waals surface area contributed by atoms with Crippen molar-refractivity contribution in [3.8, 4) is 6.07 Å². The van der Waals surface area contributed by atoms with Crippen LogP contribution in [0.5, 0.6) is 0 Å². The number of esters is 1. The van der Waals surface area contributed by atoms with Crippen molar-refractivity contribution in [2.45, 2.75) is 26.9 Å². The number of carbonyl (C=O) groups is 3. The van der Waals surface area contributed by atoms with Gasteiger partial charge in [0.25, 0.3) is 11.8 Å². The summed E-state index contributed by atoms with van der Waals surface area (Å²) in [5, 5.41) is 8.74. The highest BCUT2D eigenvalue weighted by atomic mass is 16.5. The van der Waals surface area contributed by atoms with Crippen molar-refractivity contribution in [3.05, 3.63) is 64.2 Å². The largest absolute Gasteiger partial charge is 0.444 e. The summed E-state index contributed by atoms with van der Waals surface area (Å²) in [7, 11) is 0. The predicted molar refractivity (Wildman–Crippen MR) is 94.0 cm³/mol. The molecule has 0 bridgehead atoms. The second-order valence-corrected chi connectivity index (χ2v) is 6.17. The average molecular weight is 348 g/mol. The number of hydrogen-bond donors (Lipinski definition) is 0. The normalized spacial score (nSPS) is 14.0. The van der Waals surface area contributed by atoms with E-state index in [0.717, 1.165) is 16.0 Å². The summed E-state index contributed by atoms with van der Waals surface area (Å²) in [6, 6.07) is 11.5. The van der Waals surface area contributed by atoms with Crippen LogP contribution in [-0.2, 0) is 4.74 Å². The Labute approximate surface area is 150 Å². The molecule has 0 aliphatic carbocycles. The summed E-state index contributed by atoms with van der Waals surface area (Å²) < 4.78 is 4.94. The minimum atomic E-state index is -0.903. The molecule has 3 rings (SSSR count). The molecule has 130 valence electrons. The molecule has 26 heavy (non-hydrogen) atoms. The van der Waals surface area contributed by atoms with Gasteiger partial charge in [-0.15, -0.1) is 0 Å². The minimum absolute atomic E-state index is 0.120. The van der Waals surface area contributed by atoms with E-state index in [9.17, 15) is 14.4 Å². The number of imide groups is 1. The molecule has 1 atom stereocenters. The van der Waals surface area contributed by atoms with Crippen LogP contribution in [0, 0.1) is 25.2 Å². The number of amides is 2. The van der Waals surface area contributed by atoms with Gasteiger partial charge in [0.2, 0.25) is 0 Å². The molecule has 0 radical (unpaired) electrons. The van der Waals surface area contributed by atoms with Crippen LogP contribution in [-0.4, -0.2) is 23.9 Å². The number of anilines is 1. The number of nitriles is 1. The molecule has 2 aromatic carbocycles. The van der Waals surface area contributed by atoms with E-state index in [1.807, 2.05) is 26.0 Å². The maximum atomic E-state index is 12.8. The molecule has 0 unspecified atom stereocenters. The molecule has 0 saturated carbocycles. The number of carbonyl (C=O) groups excluding carboxylic acids is 3. The highest BCUT2D eigenvalue weighted by Crippen LogP contribution is 2.31. The number of rotatable bonds is 3. The van der Waals surface area contributed by atoms with Crippen LogP contribution in [0.4, 0.5) is 5.69 Å². The van der Waals surface area contributed by atoms with E-state index in [2.05, 4.69) is 0 Å². The molecule has 0 saturated heterocycles. The molecule has 0 fully saturated rings. The molecule has 6 heteroatoms. The summed E-state index contributed by atoms with van der Waals surface area (Å²) in [6.45, 7) is 5.15. The van der Waals surface area contributed by atoms with Gasteiger partial charge in [-0.2, -0.15) is 5.26 Å². The molecule has 0 spiro atoms. The zero-order valence-electron chi connectivity index (χ0n) is 14.6. The van der Waals surface area contributed by atoms with Crippen LogP contribution in [0.25, 0.3) is 0 Å². The van der Waals surface area contributed by atoms with Gasteiger partial charge < -0.3 is 4.74 Å². The van der Waals surface area contributed by atoms with Gasteiger partial charge >= 0.3 is 5.97 Å². The highest BCUT2D eigenvalue weighted by Gasteiger charge is 2.38. The van der Waals surface area contributed by atoms with E-state index >= 15 is 0 Å². The second-order valence-electron chi connectivity index (χ2n) is 6.17. The van der Waals surface area contributed by atoms with Gasteiger partial charge in [-0.25, -0.2) is 9.69 Å². The fraction of sp³-hybridized carbons (Fsp3) is 0.200. The number of aryl methyl sites for hydroxylation is 2. The van der Waals surface area contributed by atoms with Crippen LogP contribution < -0.4 is 4.90 Å². The van der Waals surface area contributed by atoms with Gasteiger partial charge in [-0.3, -0.25) is 9.59 Å². The zero-order valence-corrected chi connectivity index (χ0v) is 14.6. The number of fused-ring (bicyclic) bond motifs is 1. The summed E-state index contributed by atoms with van der Waals surface area (Å²) >= 11 is 0. The molecule has 0 N–H and O–H groups in total. The van der Waals surface area contributed by atoms with Crippen LogP contribution in [0.3, 0.4) is 0 Å². The van der Waals surface area contributed by atoms with Gasteiger partial charge in [-0.05, 0) is 56.2 Å². The molecule has 0 aromatic heterocycles. The predicted octanol–water partition coefficient (Wildman–Crippen LogP) is 3.17. The maximum absolute atomic E-state index is 12.8. The quantitative estimate of drug-likeness (QED) is 0.628. The third-order valence-corrected chi connectivity index (χ3v) is 4.19. The van der Waals surface area contributed by atoms with Crippen molar-refractivity contribution < 1.29 is 19.1 Å². The van der Waals surface area contributed by atoms with Gasteiger partial charge in [-0.1, -0.05) is 12.1 Å². The Balaban J connectivity index is 2.00. The topological polar surface area (TPSA) is 87.5 Å². The van der Waals surface area contributed by atoms with E-state index in [0.29, 0.717) is 5.69 Å². The Bertz CT molecular complexity index is 988. The Hall–Kier alpha value is -3.46. The van der Waals surface area contributed by atoms with E-state index in [4.69, 9.17) is 10.00 Å². The van der Waals surface area contributed by atoms with Crippen LogP contribution in [0.15, 0.2) is 36.4 Å². The number of hydrogen-bond acceptors (Lipinski definition) is 5. The van der Waals surface area contributed by atoms with Crippen molar-refractivity contribution in [3.63, 3.8) is 0 Å². The van der Waals surface area contributed by atoms with Gasteiger partial charge in [0.05, 0.1) is 22.4 Å². The van der Waals surface area contributed by atoms with Crippen molar-refractivity contribution in [2.75, 3.05) is 4.90 Å². The highest BCUT2D eigenvalue weighted by molar-refractivity contribution is 6.35. The van der Waals surface area contributed by atoms with Crippen molar-refractivity contribution in [1.82, 2.24) is 0 Å². The summed E-state index contributed by atoms with van der Waals surface area (Å²) in [6.07, 6.45) is -0.903. The molecule has 1 aliphatic heterocycles. The fourth-order valence-corrected chi connectivity index (χ4v) is 2.80. The molecule has 1 heterocycles. The van der Waals surface area contributed by atoms with Gasteiger partial charge in [0.1, 0.15) is 6.07 Å². The SMILES string of the molecule is Cc1ccc(C)c(N2C(=O)c3ccc(C(=O)O[C@@H](C)C#N)cc3C2=O)c1. The minimum Gasteiger partial charge on any atom is -0.444 e. The first kappa shape index (κ1) is 17.4. The van der Waals surface area contributed by atoms with E-state index in [1.165, 1.54) is 25.1 Å². The number of benzene rings is 2. The molecule has 2 amide bonds. The van der Waals surface area contributed by atoms with Crippen molar-refractivity contribution >= 4 is 23.5 Å². The van der Waals surface area contributed by atoms with Gasteiger partial charge in [0.15, 0.2) is 6.10 Å². The first-order valence-electron chi connectivity index (χ1n) is 8.04. The lowest BCUT2D eigenvalue weighted by Crippen LogP contribution is -2.30. The van der Waals surface area contributed by atoms with Gasteiger partial charge in [0, 0.05) is 0 Å². The zero-order chi connectivity index (χ0) is 19.0. The molecule has 1 aliphatic rings. The van der Waals surface area contributed by atoms with Crippen molar-refractivity contribution in [2.24, 2.45) is 0 Å². The Morgan fingerprint density at radius 3 is 2.46 bits per heavy atom. The number of nitrogens with zero attached hydrogens (tertiary/aromatic N) is 2. The Kier molecular flexibility index (Phi) is 4.31. The summed E-state index contributed by atoms with van der Waals surface area (Å²) in [5.74, 6) is -1.63. The maximum Gasteiger partial charge on any atom is 0.339 e. The lowest BCUT2D eigenvalue weighted by atomic mass is 10.1.